The summed E-state index contributed by atoms with van der Waals surface area (Å²) in [5.74, 6) is -1.15. The van der Waals surface area contributed by atoms with E-state index in [9.17, 15) is 17.9 Å². The second-order valence-electron chi connectivity index (χ2n) is 4.47. The second kappa shape index (κ2) is 5.25. The van der Waals surface area contributed by atoms with E-state index < -0.39 is 27.7 Å². The summed E-state index contributed by atoms with van der Waals surface area (Å²) in [7, 11) is -3.67. The molecular formula is C12H13FN2O3S. The van der Waals surface area contributed by atoms with Crippen LogP contribution in [0.1, 0.15) is 17.5 Å². The lowest BCUT2D eigenvalue weighted by Gasteiger charge is -2.16. The first-order chi connectivity index (χ1) is 8.92. The fourth-order valence-corrected chi connectivity index (χ4v) is 3.59. The van der Waals surface area contributed by atoms with Crippen molar-refractivity contribution in [3.63, 3.8) is 0 Å². The van der Waals surface area contributed by atoms with Gasteiger partial charge in [0.05, 0.1) is 23.5 Å². The van der Waals surface area contributed by atoms with E-state index in [2.05, 4.69) is 0 Å². The van der Waals surface area contributed by atoms with Gasteiger partial charge in [0, 0.05) is 18.7 Å². The van der Waals surface area contributed by atoms with Crippen molar-refractivity contribution < 1.29 is 17.9 Å². The van der Waals surface area contributed by atoms with Gasteiger partial charge in [-0.3, -0.25) is 0 Å². The highest BCUT2D eigenvalue weighted by Gasteiger charge is 2.30. The number of hydrogen-bond acceptors (Lipinski definition) is 4. The van der Waals surface area contributed by atoms with Crippen LogP contribution in [0.4, 0.5) is 4.39 Å². The van der Waals surface area contributed by atoms with E-state index in [1.807, 2.05) is 6.07 Å². The molecule has 1 atom stereocenters. The molecule has 0 bridgehead atoms. The molecule has 0 amide bonds. The summed E-state index contributed by atoms with van der Waals surface area (Å²) >= 11 is 0. The van der Waals surface area contributed by atoms with E-state index in [1.165, 1.54) is 12.1 Å². The molecule has 102 valence electrons. The number of rotatable bonds is 3. The lowest BCUT2D eigenvalue weighted by Crippen LogP contribution is -2.31. The SMILES string of the molecule is N#Cc1ccc(F)c(CS(=O)(=O)N2CC[C@@H](O)C2)c1. The standard InChI is InChI=1S/C12H13FN2O3S/c13-12-2-1-9(6-14)5-10(12)8-19(17,18)15-4-3-11(16)7-15/h1-2,5,11,16H,3-4,7-8H2/t11-/m1/s1. The zero-order valence-corrected chi connectivity index (χ0v) is 10.9. The van der Waals surface area contributed by atoms with Crippen LogP contribution >= 0.6 is 0 Å². The number of sulfonamides is 1. The van der Waals surface area contributed by atoms with Crippen molar-refractivity contribution >= 4 is 10.0 Å². The van der Waals surface area contributed by atoms with E-state index in [1.54, 1.807) is 0 Å². The van der Waals surface area contributed by atoms with E-state index in [-0.39, 0.29) is 24.2 Å². The van der Waals surface area contributed by atoms with Crippen LogP contribution in [0.15, 0.2) is 18.2 Å². The topological polar surface area (TPSA) is 81.4 Å². The van der Waals surface area contributed by atoms with E-state index in [4.69, 9.17) is 5.26 Å². The predicted octanol–water partition coefficient (Wildman–Crippen LogP) is 0.594. The molecule has 1 aromatic carbocycles. The summed E-state index contributed by atoms with van der Waals surface area (Å²) in [6.45, 7) is 0.283. The van der Waals surface area contributed by atoms with Gasteiger partial charge in [0.15, 0.2) is 0 Å². The maximum absolute atomic E-state index is 13.6. The first-order valence-corrected chi connectivity index (χ1v) is 7.38. The van der Waals surface area contributed by atoms with Crippen molar-refractivity contribution in [3.8, 4) is 6.07 Å². The Morgan fingerprint density at radius 3 is 2.84 bits per heavy atom. The number of benzene rings is 1. The van der Waals surface area contributed by atoms with Crippen molar-refractivity contribution in [2.75, 3.05) is 13.1 Å². The summed E-state index contributed by atoms with van der Waals surface area (Å²) in [5.41, 5.74) is 0.188. The molecule has 1 N–H and O–H groups in total. The van der Waals surface area contributed by atoms with Crippen LogP contribution in [0.25, 0.3) is 0 Å². The van der Waals surface area contributed by atoms with Crippen LogP contribution in [0, 0.1) is 17.1 Å². The van der Waals surface area contributed by atoms with Crippen LogP contribution in [-0.2, 0) is 15.8 Å². The van der Waals surface area contributed by atoms with Crippen LogP contribution in [0.3, 0.4) is 0 Å². The van der Waals surface area contributed by atoms with Gasteiger partial charge in [0.1, 0.15) is 5.82 Å². The molecule has 7 heteroatoms. The van der Waals surface area contributed by atoms with E-state index in [0.717, 1.165) is 10.4 Å². The minimum absolute atomic E-state index is 0.0274. The summed E-state index contributed by atoms with van der Waals surface area (Å²) in [6, 6.07) is 5.46. The third-order valence-corrected chi connectivity index (χ3v) is 4.83. The summed E-state index contributed by atoms with van der Waals surface area (Å²) in [6.07, 6.45) is -0.273. The summed E-state index contributed by atoms with van der Waals surface area (Å²) in [5, 5.41) is 18.1. The van der Waals surface area contributed by atoms with Gasteiger partial charge in [-0.2, -0.15) is 9.57 Å². The second-order valence-corrected chi connectivity index (χ2v) is 6.44. The Bertz CT molecular complexity index is 624. The number of hydrogen-bond donors (Lipinski definition) is 1. The minimum atomic E-state index is -3.67. The highest BCUT2D eigenvalue weighted by molar-refractivity contribution is 7.88. The third-order valence-electron chi connectivity index (χ3n) is 3.03. The van der Waals surface area contributed by atoms with Crippen LogP contribution in [0.2, 0.25) is 0 Å². The zero-order valence-electron chi connectivity index (χ0n) is 10.1. The molecule has 19 heavy (non-hydrogen) atoms. The molecule has 1 heterocycles. The van der Waals surface area contributed by atoms with Gasteiger partial charge in [-0.25, -0.2) is 12.8 Å². The molecule has 1 saturated heterocycles. The van der Waals surface area contributed by atoms with Crippen molar-refractivity contribution in [2.45, 2.75) is 18.3 Å². The van der Waals surface area contributed by atoms with Crippen LogP contribution < -0.4 is 0 Å². The van der Waals surface area contributed by atoms with Crippen molar-refractivity contribution in [2.24, 2.45) is 0 Å². The Labute approximate surface area is 110 Å². The van der Waals surface area contributed by atoms with Crippen molar-refractivity contribution in [3.05, 3.63) is 35.1 Å². The van der Waals surface area contributed by atoms with E-state index in [0.29, 0.717) is 6.42 Å². The largest absolute Gasteiger partial charge is 0.392 e. The minimum Gasteiger partial charge on any atom is -0.392 e. The zero-order chi connectivity index (χ0) is 14.0. The maximum atomic E-state index is 13.6. The fraction of sp³-hybridized carbons (Fsp3) is 0.417. The van der Waals surface area contributed by atoms with Crippen molar-refractivity contribution in [1.82, 2.24) is 4.31 Å². The van der Waals surface area contributed by atoms with Gasteiger partial charge in [0.25, 0.3) is 0 Å². The Hall–Kier alpha value is -1.49. The molecule has 0 aliphatic carbocycles. The molecule has 0 unspecified atom stereocenters. The molecule has 1 aliphatic heterocycles. The quantitative estimate of drug-likeness (QED) is 0.881. The summed E-state index contributed by atoms with van der Waals surface area (Å²) in [4.78, 5) is 0. The lowest BCUT2D eigenvalue weighted by molar-refractivity contribution is 0.189. The highest BCUT2D eigenvalue weighted by Crippen LogP contribution is 2.20. The normalized spacial score (nSPS) is 20.4. The average molecular weight is 284 g/mol. The van der Waals surface area contributed by atoms with Crippen LogP contribution in [-0.4, -0.2) is 37.0 Å². The average Bonchev–Trinajstić information content (AvgIpc) is 2.79. The molecule has 5 nitrogen and oxygen atoms in total. The molecular weight excluding hydrogens is 271 g/mol. The maximum Gasteiger partial charge on any atom is 0.218 e. The Morgan fingerprint density at radius 1 is 1.53 bits per heavy atom. The molecule has 2 rings (SSSR count). The van der Waals surface area contributed by atoms with Crippen molar-refractivity contribution in [1.29, 1.82) is 5.26 Å². The number of nitriles is 1. The first kappa shape index (κ1) is 13.9. The molecule has 0 saturated carbocycles. The van der Waals surface area contributed by atoms with Gasteiger partial charge in [0.2, 0.25) is 10.0 Å². The number of aliphatic hydroxyl groups excluding tert-OH is 1. The predicted molar refractivity (Wildman–Crippen MR) is 65.9 cm³/mol. The molecule has 1 fully saturated rings. The first-order valence-electron chi connectivity index (χ1n) is 5.77. The number of halogens is 1. The Morgan fingerprint density at radius 2 is 2.26 bits per heavy atom. The molecule has 0 spiro atoms. The fourth-order valence-electron chi connectivity index (χ4n) is 2.01. The number of β-amino-alcohol motifs (C(OH)–C–C–N with tert-alkyl or cyclic N) is 1. The van der Waals surface area contributed by atoms with Gasteiger partial charge < -0.3 is 5.11 Å². The molecule has 1 aliphatic rings. The molecule has 0 aromatic heterocycles. The molecule has 1 aromatic rings. The third kappa shape index (κ3) is 3.10. The van der Waals surface area contributed by atoms with Gasteiger partial charge in [-0.1, -0.05) is 0 Å². The number of nitrogens with zero attached hydrogens (tertiary/aromatic N) is 2. The summed E-state index contributed by atoms with van der Waals surface area (Å²) < 4.78 is 38.8. The molecule has 0 radical (unpaired) electrons. The van der Waals surface area contributed by atoms with Gasteiger partial charge in [-0.05, 0) is 24.6 Å². The smallest absolute Gasteiger partial charge is 0.218 e. The number of aliphatic hydroxyl groups is 1. The monoisotopic (exact) mass is 284 g/mol. The van der Waals surface area contributed by atoms with E-state index >= 15 is 0 Å². The van der Waals surface area contributed by atoms with Gasteiger partial charge in [-0.15, -0.1) is 0 Å². The Kier molecular flexibility index (Phi) is 3.85. The lowest BCUT2D eigenvalue weighted by atomic mass is 10.1. The Balaban J connectivity index is 2.23. The van der Waals surface area contributed by atoms with Crippen LogP contribution in [0.5, 0.6) is 0 Å². The van der Waals surface area contributed by atoms with Gasteiger partial charge >= 0.3 is 0 Å². The highest BCUT2D eigenvalue weighted by atomic mass is 32.2.